The average Bonchev–Trinajstić information content (AvgIpc) is 2.86. The molecule has 0 aromatic heterocycles. The summed E-state index contributed by atoms with van der Waals surface area (Å²) in [4.78, 5) is 14.4. The number of carbonyl (C=O) groups is 1. The highest BCUT2D eigenvalue weighted by Gasteiger charge is 2.35. The van der Waals surface area contributed by atoms with Gasteiger partial charge in [0, 0.05) is 17.8 Å². The first kappa shape index (κ1) is 12.6. The molecule has 0 spiro atoms. The standard InChI is InChI=1S/C15H19NO3/c1-10-8-11(9-19-10)15(18)16-7-6-14(17)12-4-2-3-5-13(12)16/h2-5,10-11,14,17H,6-9H2,1H3. The number of aliphatic hydroxyl groups excluding tert-OH is 1. The Bertz CT molecular complexity index is 488. The van der Waals surface area contributed by atoms with Crippen molar-refractivity contribution in [3.63, 3.8) is 0 Å². The fourth-order valence-corrected chi connectivity index (χ4v) is 2.98. The van der Waals surface area contributed by atoms with Crippen LogP contribution in [-0.4, -0.2) is 30.3 Å². The van der Waals surface area contributed by atoms with E-state index >= 15 is 0 Å². The van der Waals surface area contributed by atoms with E-state index in [4.69, 9.17) is 4.74 Å². The molecule has 1 aromatic carbocycles. The van der Waals surface area contributed by atoms with Crippen LogP contribution in [0.4, 0.5) is 5.69 Å². The first-order valence-electron chi connectivity index (χ1n) is 6.87. The minimum absolute atomic E-state index is 0.0432. The van der Waals surface area contributed by atoms with Gasteiger partial charge < -0.3 is 14.7 Å². The highest BCUT2D eigenvalue weighted by Crippen LogP contribution is 2.35. The van der Waals surface area contributed by atoms with Gasteiger partial charge in [-0.3, -0.25) is 4.79 Å². The molecule has 1 amide bonds. The summed E-state index contributed by atoms with van der Waals surface area (Å²) in [5, 5.41) is 10.0. The molecule has 1 aromatic rings. The van der Waals surface area contributed by atoms with Gasteiger partial charge in [0.05, 0.1) is 24.7 Å². The second-order valence-electron chi connectivity index (χ2n) is 5.43. The second kappa shape index (κ2) is 4.94. The molecule has 1 N–H and O–H groups in total. The maximum Gasteiger partial charge on any atom is 0.232 e. The normalized spacial score (nSPS) is 30.2. The van der Waals surface area contributed by atoms with E-state index in [1.165, 1.54) is 0 Å². The van der Waals surface area contributed by atoms with Gasteiger partial charge in [-0.15, -0.1) is 0 Å². The van der Waals surface area contributed by atoms with Crippen LogP contribution >= 0.6 is 0 Å². The molecule has 4 nitrogen and oxygen atoms in total. The number of aliphatic hydroxyl groups is 1. The number of carbonyl (C=O) groups excluding carboxylic acids is 1. The van der Waals surface area contributed by atoms with Crippen molar-refractivity contribution in [2.24, 2.45) is 5.92 Å². The quantitative estimate of drug-likeness (QED) is 0.839. The van der Waals surface area contributed by atoms with E-state index < -0.39 is 6.10 Å². The van der Waals surface area contributed by atoms with Gasteiger partial charge in [-0.2, -0.15) is 0 Å². The molecule has 0 radical (unpaired) electrons. The van der Waals surface area contributed by atoms with E-state index in [2.05, 4.69) is 0 Å². The number of benzene rings is 1. The molecule has 19 heavy (non-hydrogen) atoms. The molecule has 0 bridgehead atoms. The van der Waals surface area contributed by atoms with Gasteiger partial charge in [0.25, 0.3) is 0 Å². The van der Waals surface area contributed by atoms with Crippen molar-refractivity contribution in [2.75, 3.05) is 18.1 Å². The van der Waals surface area contributed by atoms with Crippen molar-refractivity contribution in [3.8, 4) is 0 Å². The molecule has 1 fully saturated rings. The third-order valence-electron chi connectivity index (χ3n) is 4.03. The maximum absolute atomic E-state index is 12.6. The summed E-state index contributed by atoms with van der Waals surface area (Å²) < 4.78 is 5.49. The van der Waals surface area contributed by atoms with E-state index in [1.807, 2.05) is 36.1 Å². The van der Waals surface area contributed by atoms with Gasteiger partial charge in [-0.25, -0.2) is 0 Å². The Hall–Kier alpha value is -1.39. The topological polar surface area (TPSA) is 49.8 Å². The highest BCUT2D eigenvalue weighted by atomic mass is 16.5. The Morgan fingerprint density at radius 3 is 2.95 bits per heavy atom. The number of nitrogens with zero attached hydrogens (tertiary/aromatic N) is 1. The minimum Gasteiger partial charge on any atom is -0.388 e. The minimum atomic E-state index is -0.459. The fraction of sp³-hybridized carbons (Fsp3) is 0.533. The molecule has 4 heteroatoms. The van der Waals surface area contributed by atoms with E-state index in [0.29, 0.717) is 19.6 Å². The number of fused-ring (bicyclic) bond motifs is 1. The third-order valence-corrected chi connectivity index (χ3v) is 4.03. The largest absolute Gasteiger partial charge is 0.388 e. The Kier molecular flexibility index (Phi) is 3.29. The van der Waals surface area contributed by atoms with Crippen LogP contribution in [0.1, 0.15) is 31.4 Å². The highest BCUT2D eigenvalue weighted by molar-refractivity contribution is 5.96. The van der Waals surface area contributed by atoms with E-state index in [-0.39, 0.29) is 17.9 Å². The molecule has 2 aliphatic heterocycles. The monoisotopic (exact) mass is 261 g/mol. The number of ether oxygens (including phenoxy) is 1. The summed E-state index contributed by atoms with van der Waals surface area (Å²) in [7, 11) is 0. The summed E-state index contributed by atoms with van der Waals surface area (Å²) in [6, 6.07) is 7.61. The molecule has 1 saturated heterocycles. The second-order valence-corrected chi connectivity index (χ2v) is 5.43. The lowest BCUT2D eigenvalue weighted by atomic mass is 9.96. The van der Waals surface area contributed by atoms with Gasteiger partial charge in [-0.05, 0) is 25.8 Å². The van der Waals surface area contributed by atoms with Crippen molar-refractivity contribution in [3.05, 3.63) is 29.8 Å². The summed E-state index contributed by atoms with van der Waals surface area (Å²) in [5.41, 5.74) is 1.71. The number of para-hydroxylation sites is 1. The fourth-order valence-electron chi connectivity index (χ4n) is 2.98. The molecule has 0 aliphatic carbocycles. The number of hydrogen-bond donors (Lipinski definition) is 1. The molecule has 102 valence electrons. The zero-order chi connectivity index (χ0) is 13.4. The summed E-state index contributed by atoms with van der Waals surface area (Å²) in [6.07, 6.45) is 1.10. The zero-order valence-electron chi connectivity index (χ0n) is 11.1. The predicted octanol–water partition coefficient (Wildman–Crippen LogP) is 1.88. The van der Waals surface area contributed by atoms with Crippen molar-refractivity contribution >= 4 is 11.6 Å². The average molecular weight is 261 g/mol. The van der Waals surface area contributed by atoms with Crippen LogP contribution in [0.15, 0.2) is 24.3 Å². The van der Waals surface area contributed by atoms with Crippen LogP contribution in [0, 0.1) is 5.92 Å². The first-order chi connectivity index (χ1) is 9.16. The van der Waals surface area contributed by atoms with E-state index in [0.717, 1.165) is 17.7 Å². The number of amides is 1. The first-order valence-corrected chi connectivity index (χ1v) is 6.87. The molecule has 0 saturated carbocycles. The van der Waals surface area contributed by atoms with Crippen molar-refractivity contribution < 1.29 is 14.6 Å². The molecule has 3 rings (SSSR count). The molecule has 2 heterocycles. The molecular formula is C15H19NO3. The van der Waals surface area contributed by atoms with Crippen molar-refractivity contribution in [1.29, 1.82) is 0 Å². The van der Waals surface area contributed by atoms with Gasteiger partial charge in [0.1, 0.15) is 0 Å². The smallest absolute Gasteiger partial charge is 0.232 e. The lowest BCUT2D eigenvalue weighted by Gasteiger charge is -2.33. The van der Waals surface area contributed by atoms with E-state index in [9.17, 15) is 9.90 Å². The van der Waals surface area contributed by atoms with Crippen LogP contribution < -0.4 is 4.90 Å². The zero-order valence-corrected chi connectivity index (χ0v) is 11.1. The van der Waals surface area contributed by atoms with Gasteiger partial charge in [0.2, 0.25) is 5.91 Å². The Morgan fingerprint density at radius 2 is 2.21 bits per heavy atom. The van der Waals surface area contributed by atoms with Crippen molar-refractivity contribution in [2.45, 2.75) is 32.0 Å². The van der Waals surface area contributed by atoms with Crippen LogP contribution in [0.25, 0.3) is 0 Å². The van der Waals surface area contributed by atoms with Gasteiger partial charge >= 0.3 is 0 Å². The Morgan fingerprint density at radius 1 is 1.42 bits per heavy atom. The number of anilines is 1. The van der Waals surface area contributed by atoms with Gasteiger partial charge in [0.15, 0.2) is 0 Å². The van der Waals surface area contributed by atoms with Crippen LogP contribution in [0.2, 0.25) is 0 Å². The molecule has 3 unspecified atom stereocenters. The molecule has 3 atom stereocenters. The van der Waals surface area contributed by atoms with E-state index in [1.54, 1.807) is 0 Å². The van der Waals surface area contributed by atoms with Crippen LogP contribution in [0.5, 0.6) is 0 Å². The molecular weight excluding hydrogens is 242 g/mol. The SMILES string of the molecule is CC1CC(C(=O)N2CCC(O)c3ccccc32)CO1. The summed E-state index contributed by atoms with van der Waals surface area (Å²) in [6.45, 7) is 3.10. The number of rotatable bonds is 1. The maximum atomic E-state index is 12.6. The van der Waals surface area contributed by atoms with Crippen molar-refractivity contribution in [1.82, 2.24) is 0 Å². The van der Waals surface area contributed by atoms with Gasteiger partial charge in [-0.1, -0.05) is 18.2 Å². The summed E-state index contributed by atoms with van der Waals surface area (Å²) in [5.74, 6) is 0.0852. The predicted molar refractivity (Wildman–Crippen MR) is 71.9 cm³/mol. The Labute approximate surface area is 113 Å². The van der Waals surface area contributed by atoms with Crippen LogP contribution in [0.3, 0.4) is 0 Å². The molecule has 2 aliphatic rings. The lowest BCUT2D eigenvalue weighted by molar-refractivity contribution is -0.122. The lowest BCUT2D eigenvalue weighted by Crippen LogP contribution is -2.40. The van der Waals surface area contributed by atoms with Crippen LogP contribution in [-0.2, 0) is 9.53 Å². The third kappa shape index (κ3) is 2.26. The number of hydrogen-bond acceptors (Lipinski definition) is 3. The summed E-state index contributed by atoms with van der Waals surface area (Å²) >= 11 is 0. The Balaban J connectivity index is 1.86.